The third-order valence-corrected chi connectivity index (χ3v) is 8.07. The van der Waals surface area contributed by atoms with E-state index in [1.54, 1.807) is 24.7 Å². The number of ether oxygens (including phenoxy) is 1. The monoisotopic (exact) mass is 537 g/mol. The van der Waals surface area contributed by atoms with Crippen LogP contribution < -0.4 is 5.32 Å². The molecule has 4 aromatic heterocycles. The largest absolute Gasteiger partial charge is 0.493 e. The fourth-order valence-electron chi connectivity index (χ4n) is 5.73. The van der Waals surface area contributed by atoms with E-state index >= 15 is 0 Å². The zero-order chi connectivity index (χ0) is 27.1. The highest BCUT2D eigenvalue weighted by atomic mass is 16.5. The Labute approximate surface area is 231 Å². The van der Waals surface area contributed by atoms with Gasteiger partial charge in [0.1, 0.15) is 5.82 Å². The number of benzene rings is 1. The van der Waals surface area contributed by atoms with Gasteiger partial charge in [-0.05, 0) is 68.8 Å². The van der Waals surface area contributed by atoms with Crippen molar-refractivity contribution >= 4 is 28.1 Å². The first-order valence-electron chi connectivity index (χ1n) is 13.8. The Morgan fingerprint density at radius 3 is 2.75 bits per heavy atom. The Balaban J connectivity index is 1.09. The number of rotatable bonds is 7. The molecule has 0 bridgehead atoms. The van der Waals surface area contributed by atoms with E-state index in [2.05, 4.69) is 24.8 Å². The van der Waals surface area contributed by atoms with Crippen LogP contribution in [-0.4, -0.2) is 65.6 Å². The maximum atomic E-state index is 13.0. The van der Waals surface area contributed by atoms with Crippen molar-refractivity contribution in [1.82, 2.24) is 28.8 Å². The number of aromatic nitrogens is 5. The van der Waals surface area contributed by atoms with Crippen LogP contribution in [0.1, 0.15) is 47.1 Å². The number of imidazole rings is 2. The molecule has 1 atom stereocenters. The molecule has 1 aromatic carbocycles. The molecule has 2 saturated heterocycles. The second-order valence-electron chi connectivity index (χ2n) is 10.7. The van der Waals surface area contributed by atoms with E-state index in [9.17, 15) is 9.90 Å². The summed E-state index contributed by atoms with van der Waals surface area (Å²) in [6.45, 7) is 4.20. The van der Waals surface area contributed by atoms with E-state index in [4.69, 9.17) is 9.72 Å². The summed E-state index contributed by atoms with van der Waals surface area (Å²) in [5, 5.41) is 12.8. The number of carbonyl (C=O) groups is 1. The van der Waals surface area contributed by atoms with Gasteiger partial charge in [-0.3, -0.25) is 9.69 Å². The van der Waals surface area contributed by atoms with E-state index in [1.165, 1.54) is 0 Å². The molecule has 0 radical (unpaired) electrons. The number of aromatic hydroxyl groups is 1. The standard InChI is InChI=1S/C30H31N7O3/c38-29-3-1-2-25(34-29)20-6-10-35(11-7-20)18-28-33-26-15-22(4-5-27(26)37(28)17-24-9-13-40-24)32-30(39)21-8-12-36-19-31-16-23(36)14-21/h1-5,8,12,14-16,19-20,24H,6-7,9-11,13,17-18H2,(H,32,39)(H,34,38). The summed E-state index contributed by atoms with van der Waals surface area (Å²) < 4.78 is 9.92. The van der Waals surface area contributed by atoms with Crippen LogP contribution in [0.15, 0.2) is 67.3 Å². The lowest BCUT2D eigenvalue weighted by atomic mass is 9.93. The zero-order valence-corrected chi connectivity index (χ0v) is 22.1. The van der Waals surface area contributed by atoms with Crippen molar-refractivity contribution in [3.05, 3.63) is 84.3 Å². The summed E-state index contributed by atoms with van der Waals surface area (Å²) in [7, 11) is 0. The van der Waals surface area contributed by atoms with Gasteiger partial charge in [0.05, 0.1) is 48.3 Å². The number of hydrogen-bond acceptors (Lipinski definition) is 7. The predicted octanol–water partition coefficient (Wildman–Crippen LogP) is 4.21. The van der Waals surface area contributed by atoms with Crippen LogP contribution in [0.2, 0.25) is 0 Å². The highest BCUT2D eigenvalue weighted by Gasteiger charge is 2.26. The Morgan fingerprint density at radius 2 is 1.95 bits per heavy atom. The van der Waals surface area contributed by atoms with Gasteiger partial charge in [-0.2, -0.15) is 0 Å². The number of carbonyl (C=O) groups excluding carboxylic acids is 1. The number of fused-ring (bicyclic) bond motifs is 2. The molecule has 0 saturated carbocycles. The number of anilines is 1. The molecule has 2 aliphatic heterocycles. The second kappa shape index (κ2) is 10.4. The fraction of sp³-hybridized carbons (Fsp3) is 0.333. The minimum absolute atomic E-state index is 0.0850. The number of likely N-dealkylation sites (tertiary alicyclic amines) is 1. The molecule has 10 nitrogen and oxygen atoms in total. The van der Waals surface area contributed by atoms with Gasteiger partial charge < -0.3 is 24.1 Å². The molecule has 7 rings (SSSR count). The number of nitrogens with one attached hydrogen (secondary N) is 1. The molecule has 40 heavy (non-hydrogen) atoms. The Kier molecular flexibility index (Phi) is 6.41. The minimum Gasteiger partial charge on any atom is -0.493 e. The van der Waals surface area contributed by atoms with E-state index in [1.807, 2.05) is 47.0 Å². The molecule has 1 unspecified atom stereocenters. The highest BCUT2D eigenvalue weighted by molar-refractivity contribution is 6.05. The Hall–Kier alpha value is -4.28. The lowest BCUT2D eigenvalue weighted by Gasteiger charge is -2.32. The summed E-state index contributed by atoms with van der Waals surface area (Å²) >= 11 is 0. The van der Waals surface area contributed by atoms with Gasteiger partial charge in [-0.1, -0.05) is 6.07 Å². The molecule has 1 amide bonds. The minimum atomic E-state index is -0.172. The second-order valence-corrected chi connectivity index (χ2v) is 10.7. The SMILES string of the molecule is O=C(Nc1ccc2c(c1)nc(CN1CCC(c3cccc(O)n3)CC1)n2CC1CCO1)c1ccn2cncc2c1. The molecular formula is C30H31N7O3. The molecule has 5 aromatic rings. The van der Waals surface area contributed by atoms with E-state index in [0.717, 1.165) is 80.1 Å². The van der Waals surface area contributed by atoms with E-state index in [-0.39, 0.29) is 17.9 Å². The van der Waals surface area contributed by atoms with Crippen LogP contribution in [0, 0.1) is 0 Å². The fourth-order valence-corrected chi connectivity index (χ4v) is 5.73. The maximum Gasteiger partial charge on any atom is 0.255 e. The summed E-state index contributed by atoms with van der Waals surface area (Å²) in [6, 6.07) is 15.0. The first-order valence-corrected chi connectivity index (χ1v) is 13.8. The van der Waals surface area contributed by atoms with E-state index in [0.29, 0.717) is 17.2 Å². The number of piperidine rings is 1. The summed E-state index contributed by atoms with van der Waals surface area (Å²) in [6.07, 6.45) is 8.51. The smallest absolute Gasteiger partial charge is 0.255 e. The summed E-state index contributed by atoms with van der Waals surface area (Å²) in [5.41, 5.74) is 5.02. The van der Waals surface area contributed by atoms with Gasteiger partial charge >= 0.3 is 0 Å². The van der Waals surface area contributed by atoms with Gasteiger partial charge in [0.2, 0.25) is 5.88 Å². The Morgan fingerprint density at radius 1 is 1.07 bits per heavy atom. The van der Waals surface area contributed by atoms with Crippen molar-refractivity contribution in [3.8, 4) is 5.88 Å². The maximum absolute atomic E-state index is 13.0. The molecule has 10 heteroatoms. The van der Waals surface area contributed by atoms with Gasteiger partial charge in [-0.15, -0.1) is 0 Å². The lowest BCUT2D eigenvalue weighted by molar-refractivity contribution is -0.0592. The van der Waals surface area contributed by atoms with Crippen molar-refractivity contribution in [2.45, 2.75) is 44.4 Å². The number of amides is 1. The van der Waals surface area contributed by atoms with Crippen molar-refractivity contribution in [2.75, 3.05) is 25.0 Å². The molecule has 2 N–H and O–H groups in total. The lowest BCUT2D eigenvalue weighted by Crippen LogP contribution is -2.35. The van der Waals surface area contributed by atoms with Crippen molar-refractivity contribution in [3.63, 3.8) is 0 Å². The quantitative estimate of drug-likeness (QED) is 0.320. The van der Waals surface area contributed by atoms with Crippen LogP contribution in [0.3, 0.4) is 0 Å². The van der Waals surface area contributed by atoms with E-state index < -0.39 is 0 Å². The van der Waals surface area contributed by atoms with Gasteiger partial charge in [-0.25, -0.2) is 15.0 Å². The van der Waals surface area contributed by atoms with Gasteiger partial charge in [0.15, 0.2) is 0 Å². The van der Waals surface area contributed by atoms with Crippen molar-refractivity contribution < 1.29 is 14.6 Å². The third kappa shape index (κ3) is 4.91. The number of hydrogen-bond donors (Lipinski definition) is 2. The molecule has 0 spiro atoms. The van der Waals surface area contributed by atoms with Gasteiger partial charge in [0.25, 0.3) is 5.91 Å². The number of nitrogens with zero attached hydrogens (tertiary/aromatic N) is 6. The average Bonchev–Trinajstić information content (AvgIpc) is 3.54. The third-order valence-electron chi connectivity index (χ3n) is 8.07. The predicted molar refractivity (Wildman–Crippen MR) is 150 cm³/mol. The summed E-state index contributed by atoms with van der Waals surface area (Å²) in [4.78, 5) is 28.9. The highest BCUT2D eigenvalue weighted by Crippen LogP contribution is 2.30. The van der Waals surface area contributed by atoms with Crippen LogP contribution in [0.25, 0.3) is 16.6 Å². The first kappa shape index (κ1) is 24.7. The van der Waals surface area contributed by atoms with Crippen molar-refractivity contribution in [2.24, 2.45) is 0 Å². The van der Waals surface area contributed by atoms with Crippen LogP contribution in [-0.2, 0) is 17.8 Å². The molecule has 0 aliphatic carbocycles. The molecule has 204 valence electrons. The van der Waals surface area contributed by atoms with Crippen LogP contribution >= 0.6 is 0 Å². The normalized spacial score (nSPS) is 18.2. The van der Waals surface area contributed by atoms with Crippen LogP contribution in [0.4, 0.5) is 5.69 Å². The average molecular weight is 538 g/mol. The Bertz CT molecular complexity index is 1680. The van der Waals surface area contributed by atoms with Crippen molar-refractivity contribution in [1.29, 1.82) is 0 Å². The van der Waals surface area contributed by atoms with Crippen LogP contribution in [0.5, 0.6) is 5.88 Å². The first-order chi connectivity index (χ1) is 19.6. The molecule has 2 fully saturated rings. The topological polar surface area (TPSA) is 110 Å². The molecule has 6 heterocycles. The molecule has 2 aliphatic rings. The summed E-state index contributed by atoms with van der Waals surface area (Å²) in [5.74, 6) is 1.27. The zero-order valence-electron chi connectivity index (χ0n) is 22.1. The number of pyridine rings is 2. The molecular weight excluding hydrogens is 506 g/mol. The van der Waals surface area contributed by atoms with Gasteiger partial charge in [0, 0.05) is 41.7 Å².